The van der Waals surface area contributed by atoms with Crippen molar-refractivity contribution >= 4 is 43.1 Å². The summed E-state index contributed by atoms with van der Waals surface area (Å²) in [5.41, 5.74) is 3.37. The second-order valence-corrected chi connectivity index (χ2v) is 9.56. The van der Waals surface area contributed by atoms with Crippen LogP contribution in [-0.2, 0) is 12.7 Å². The molecule has 3 heterocycles. The van der Waals surface area contributed by atoms with Gasteiger partial charge in [0, 0.05) is 42.3 Å². The fourth-order valence-corrected chi connectivity index (χ4v) is 5.36. The predicted octanol–water partition coefficient (Wildman–Crippen LogP) is 6.30. The maximum Gasteiger partial charge on any atom is 0.417 e. The van der Waals surface area contributed by atoms with Gasteiger partial charge < -0.3 is 15.4 Å². The third-order valence-electron chi connectivity index (χ3n) is 6.11. The second-order valence-electron chi connectivity index (χ2n) is 8.50. The summed E-state index contributed by atoms with van der Waals surface area (Å²) in [6, 6.07) is 7.62. The van der Waals surface area contributed by atoms with E-state index >= 15 is 4.39 Å². The van der Waals surface area contributed by atoms with Gasteiger partial charge in [0.1, 0.15) is 28.2 Å². The van der Waals surface area contributed by atoms with Crippen LogP contribution in [-0.4, -0.2) is 29.1 Å². The van der Waals surface area contributed by atoms with Gasteiger partial charge in [0.05, 0.1) is 22.9 Å². The number of alkyl halides is 3. The number of nitrogen functional groups attached to an aromatic ring is 1. The van der Waals surface area contributed by atoms with Crippen molar-refractivity contribution in [2.45, 2.75) is 12.7 Å². The first-order valence-electron chi connectivity index (χ1n) is 11.2. The highest BCUT2D eigenvalue weighted by molar-refractivity contribution is 7.23. The van der Waals surface area contributed by atoms with E-state index in [1.165, 1.54) is 12.0 Å². The second kappa shape index (κ2) is 9.63. The Kier molecular flexibility index (Phi) is 6.43. The molecule has 0 spiro atoms. The smallest absolute Gasteiger partial charge is 0.417 e. The molecule has 2 aromatic carbocycles. The number of methoxy groups -OCH3 is 1. The number of nitriles is 1. The summed E-state index contributed by atoms with van der Waals surface area (Å²) in [5.74, 6) is -2.14. The number of hydrogen-bond donors (Lipinski definition) is 1. The number of nitrogens with zero attached hydrogens (tertiary/aromatic N) is 5. The molecule has 198 valence electrons. The van der Waals surface area contributed by atoms with Gasteiger partial charge in [-0.1, -0.05) is 6.07 Å². The van der Waals surface area contributed by atoms with E-state index in [9.17, 15) is 22.8 Å². The molecule has 13 heteroatoms. The van der Waals surface area contributed by atoms with E-state index in [-0.39, 0.29) is 50.0 Å². The minimum absolute atomic E-state index is 0.00800. The van der Waals surface area contributed by atoms with Gasteiger partial charge in [-0.3, -0.25) is 4.98 Å². The topological polar surface area (TPSA) is 101 Å². The Morgan fingerprint density at radius 3 is 2.49 bits per heavy atom. The first-order valence-corrected chi connectivity index (χ1v) is 12.0. The highest BCUT2D eigenvalue weighted by Gasteiger charge is 2.38. The van der Waals surface area contributed by atoms with Crippen molar-refractivity contribution in [3.8, 4) is 23.2 Å². The summed E-state index contributed by atoms with van der Waals surface area (Å²) in [7, 11) is 2.82. The Bertz CT molecular complexity index is 1780. The van der Waals surface area contributed by atoms with Crippen molar-refractivity contribution in [2.24, 2.45) is 0 Å². The Labute approximate surface area is 221 Å². The number of nitrogens with two attached hydrogens (primary N) is 1. The van der Waals surface area contributed by atoms with Crippen molar-refractivity contribution < 1.29 is 26.7 Å². The molecule has 0 amide bonds. The van der Waals surface area contributed by atoms with E-state index in [0.717, 1.165) is 23.8 Å². The van der Waals surface area contributed by atoms with Crippen LogP contribution >= 0.6 is 11.3 Å². The lowest BCUT2D eigenvalue weighted by Crippen LogP contribution is -2.19. The molecule has 0 saturated heterocycles. The van der Waals surface area contributed by atoms with Gasteiger partial charge in [-0.25, -0.2) is 8.78 Å². The van der Waals surface area contributed by atoms with Crippen LogP contribution in [0, 0.1) is 23.0 Å². The van der Waals surface area contributed by atoms with Crippen LogP contribution in [0.15, 0.2) is 42.7 Å². The Balaban J connectivity index is 1.86. The summed E-state index contributed by atoms with van der Waals surface area (Å²) in [6.07, 6.45) is -1.92. The number of anilines is 2. The monoisotopic (exact) mass is 556 g/mol. The minimum Gasteiger partial charge on any atom is -0.467 e. The van der Waals surface area contributed by atoms with Crippen LogP contribution in [0.4, 0.5) is 32.8 Å². The predicted molar refractivity (Wildman–Crippen MR) is 137 cm³/mol. The number of fused-ring (bicyclic) bond motifs is 2. The van der Waals surface area contributed by atoms with E-state index < -0.39 is 34.5 Å². The first kappa shape index (κ1) is 26.1. The van der Waals surface area contributed by atoms with E-state index in [2.05, 4.69) is 15.0 Å². The number of ether oxygens (including phenoxy) is 1. The maximum atomic E-state index is 16.3. The minimum atomic E-state index is -5.04. The molecule has 0 aliphatic heterocycles. The highest BCUT2D eigenvalue weighted by Crippen LogP contribution is 2.47. The standard InChI is InChI=1S/C26H17F5N6OS/c1-37(11-12-5-7-34-8-6-12)24-14-9-16(26(29,30)31)19(20(28)21(14)35-25(36-24)38-2)13-3-4-17(27)22-18(13)15(10-32)23(33)39-22/h3-9H,11,33H2,1-2H3. The van der Waals surface area contributed by atoms with Crippen molar-refractivity contribution in [1.82, 2.24) is 15.0 Å². The summed E-state index contributed by atoms with van der Waals surface area (Å²) in [4.78, 5) is 13.7. The zero-order valence-corrected chi connectivity index (χ0v) is 21.1. The molecule has 0 saturated carbocycles. The van der Waals surface area contributed by atoms with Gasteiger partial charge in [0.15, 0.2) is 5.82 Å². The van der Waals surface area contributed by atoms with Crippen LogP contribution < -0.4 is 15.4 Å². The Hall–Kier alpha value is -4.57. The molecule has 39 heavy (non-hydrogen) atoms. The average molecular weight is 557 g/mol. The number of halogens is 5. The van der Waals surface area contributed by atoms with E-state index in [1.54, 1.807) is 37.6 Å². The molecule has 0 aliphatic rings. The van der Waals surface area contributed by atoms with Gasteiger partial charge in [-0.05, 0) is 35.4 Å². The molecular weight excluding hydrogens is 539 g/mol. The molecule has 0 radical (unpaired) electrons. The van der Waals surface area contributed by atoms with Crippen LogP contribution in [0.5, 0.6) is 6.01 Å². The summed E-state index contributed by atoms with van der Waals surface area (Å²) < 4.78 is 79.5. The highest BCUT2D eigenvalue weighted by atomic mass is 32.1. The van der Waals surface area contributed by atoms with E-state index in [1.807, 2.05) is 0 Å². The Morgan fingerprint density at radius 1 is 1.13 bits per heavy atom. The molecule has 2 N–H and O–H groups in total. The summed E-state index contributed by atoms with van der Waals surface area (Å²) in [5, 5.41) is 9.09. The van der Waals surface area contributed by atoms with Crippen molar-refractivity contribution in [3.05, 3.63) is 71.1 Å². The normalized spacial score (nSPS) is 11.6. The molecule has 5 rings (SSSR count). The van der Waals surface area contributed by atoms with E-state index in [0.29, 0.717) is 11.3 Å². The van der Waals surface area contributed by atoms with Crippen molar-refractivity contribution in [2.75, 3.05) is 24.8 Å². The molecular formula is C26H17F5N6OS. The van der Waals surface area contributed by atoms with Gasteiger partial charge in [-0.2, -0.15) is 28.4 Å². The lowest BCUT2D eigenvalue weighted by atomic mass is 9.92. The number of hydrogen-bond acceptors (Lipinski definition) is 8. The largest absolute Gasteiger partial charge is 0.467 e. The third-order valence-corrected chi connectivity index (χ3v) is 7.14. The van der Waals surface area contributed by atoms with Gasteiger partial charge in [-0.15, -0.1) is 11.3 Å². The molecule has 0 atom stereocenters. The molecule has 3 aromatic heterocycles. The van der Waals surface area contributed by atoms with Crippen molar-refractivity contribution in [3.63, 3.8) is 0 Å². The van der Waals surface area contributed by atoms with Gasteiger partial charge in [0.25, 0.3) is 0 Å². The van der Waals surface area contributed by atoms with Gasteiger partial charge >= 0.3 is 12.2 Å². The molecule has 5 aromatic rings. The Morgan fingerprint density at radius 2 is 1.85 bits per heavy atom. The quantitative estimate of drug-likeness (QED) is 0.254. The van der Waals surface area contributed by atoms with E-state index in [4.69, 9.17) is 10.5 Å². The van der Waals surface area contributed by atoms with Crippen LogP contribution in [0.25, 0.3) is 32.1 Å². The molecule has 0 bridgehead atoms. The molecule has 0 unspecified atom stereocenters. The number of pyridine rings is 1. The average Bonchev–Trinajstić information content (AvgIpc) is 3.25. The van der Waals surface area contributed by atoms with Crippen LogP contribution in [0.3, 0.4) is 0 Å². The molecule has 0 aliphatic carbocycles. The number of rotatable bonds is 5. The lowest BCUT2D eigenvalue weighted by molar-refractivity contribution is -0.137. The number of thiophene rings is 1. The maximum absolute atomic E-state index is 16.3. The molecule has 0 fully saturated rings. The zero-order valence-electron chi connectivity index (χ0n) is 20.3. The zero-order chi connectivity index (χ0) is 28.1. The van der Waals surface area contributed by atoms with Gasteiger partial charge in [0.2, 0.25) is 0 Å². The third kappa shape index (κ3) is 4.42. The first-order chi connectivity index (χ1) is 18.5. The van der Waals surface area contributed by atoms with Crippen LogP contribution in [0.1, 0.15) is 16.7 Å². The fourth-order valence-electron chi connectivity index (χ4n) is 4.41. The molecule has 7 nitrogen and oxygen atoms in total. The fraction of sp³-hybridized carbons (Fsp3) is 0.154. The lowest BCUT2D eigenvalue weighted by Gasteiger charge is -2.23. The summed E-state index contributed by atoms with van der Waals surface area (Å²) >= 11 is 0.695. The van der Waals surface area contributed by atoms with Crippen LogP contribution in [0.2, 0.25) is 0 Å². The number of benzene rings is 2. The van der Waals surface area contributed by atoms with Crippen molar-refractivity contribution in [1.29, 1.82) is 5.26 Å². The summed E-state index contributed by atoms with van der Waals surface area (Å²) in [6.45, 7) is 0.209. The number of aromatic nitrogens is 3. The SMILES string of the molecule is COc1nc(N(C)Cc2ccncc2)c2cc(C(F)(F)F)c(-c3ccc(F)c4sc(N)c(C#N)c34)c(F)c2n1.